The molecule has 0 radical (unpaired) electrons. The van der Waals surface area contributed by atoms with Crippen molar-refractivity contribution in [1.29, 1.82) is 0 Å². The van der Waals surface area contributed by atoms with Gasteiger partial charge in [-0.3, -0.25) is 4.79 Å². The highest BCUT2D eigenvalue weighted by molar-refractivity contribution is 5.78. The van der Waals surface area contributed by atoms with Crippen molar-refractivity contribution >= 4 is 5.91 Å². The van der Waals surface area contributed by atoms with Gasteiger partial charge in [0.05, 0.1) is 5.54 Å². The van der Waals surface area contributed by atoms with E-state index in [4.69, 9.17) is 5.11 Å². The SMILES string of the molecule is CC.CN1CCC2(CCCCN2C(=O)CO)C1. The first-order valence-corrected chi connectivity index (χ1v) is 6.78. The predicted octanol–water partition coefficient (Wildman–Crippen LogP) is 1.09. The van der Waals surface area contributed by atoms with Crippen LogP contribution in [-0.4, -0.2) is 59.6 Å². The quantitative estimate of drug-likeness (QED) is 0.748. The van der Waals surface area contributed by atoms with Crippen LogP contribution in [0.1, 0.15) is 39.5 Å². The van der Waals surface area contributed by atoms with Gasteiger partial charge in [0.25, 0.3) is 0 Å². The number of amides is 1. The van der Waals surface area contributed by atoms with E-state index in [-0.39, 0.29) is 18.1 Å². The van der Waals surface area contributed by atoms with E-state index in [9.17, 15) is 4.79 Å². The summed E-state index contributed by atoms with van der Waals surface area (Å²) in [4.78, 5) is 15.9. The number of aliphatic hydroxyl groups excluding tert-OH is 1. The van der Waals surface area contributed by atoms with Crippen LogP contribution in [0.25, 0.3) is 0 Å². The van der Waals surface area contributed by atoms with Crippen molar-refractivity contribution in [2.45, 2.75) is 45.1 Å². The van der Waals surface area contributed by atoms with Crippen molar-refractivity contribution in [3.05, 3.63) is 0 Å². The monoisotopic (exact) mass is 242 g/mol. The van der Waals surface area contributed by atoms with E-state index in [2.05, 4.69) is 11.9 Å². The number of hydrogen-bond acceptors (Lipinski definition) is 3. The van der Waals surface area contributed by atoms with E-state index >= 15 is 0 Å². The molecule has 2 rings (SSSR count). The number of carbonyl (C=O) groups is 1. The Morgan fingerprint density at radius 2 is 1.94 bits per heavy atom. The lowest BCUT2D eigenvalue weighted by Crippen LogP contribution is -2.56. The summed E-state index contributed by atoms with van der Waals surface area (Å²) in [7, 11) is 2.10. The number of rotatable bonds is 1. The molecule has 2 aliphatic rings. The van der Waals surface area contributed by atoms with Gasteiger partial charge < -0.3 is 14.9 Å². The molecule has 0 saturated carbocycles. The molecule has 0 aromatic heterocycles. The first-order chi connectivity index (χ1) is 8.18. The molecule has 2 saturated heterocycles. The first-order valence-electron chi connectivity index (χ1n) is 6.78. The van der Waals surface area contributed by atoms with Gasteiger partial charge in [-0.2, -0.15) is 0 Å². The third kappa shape index (κ3) is 2.99. The zero-order chi connectivity index (χ0) is 12.9. The van der Waals surface area contributed by atoms with Gasteiger partial charge >= 0.3 is 0 Å². The molecule has 1 unspecified atom stereocenters. The Morgan fingerprint density at radius 1 is 1.24 bits per heavy atom. The van der Waals surface area contributed by atoms with Crippen molar-refractivity contribution in [3.8, 4) is 0 Å². The van der Waals surface area contributed by atoms with Crippen LogP contribution >= 0.6 is 0 Å². The maximum absolute atomic E-state index is 11.7. The second-order valence-electron chi connectivity index (χ2n) is 4.87. The number of aliphatic hydroxyl groups is 1. The largest absolute Gasteiger partial charge is 0.387 e. The normalized spacial score (nSPS) is 29.1. The maximum atomic E-state index is 11.7. The lowest BCUT2D eigenvalue weighted by molar-refractivity contribution is -0.142. The molecule has 0 aliphatic carbocycles. The molecule has 2 aliphatic heterocycles. The van der Waals surface area contributed by atoms with Gasteiger partial charge in [-0.1, -0.05) is 13.8 Å². The average molecular weight is 242 g/mol. The third-order valence-corrected chi connectivity index (χ3v) is 3.81. The fraction of sp³-hybridized carbons (Fsp3) is 0.923. The van der Waals surface area contributed by atoms with Gasteiger partial charge in [0, 0.05) is 19.6 Å². The van der Waals surface area contributed by atoms with Crippen LogP contribution in [0.2, 0.25) is 0 Å². The van der Waals surface area contributed by atoms with Crippen LogP contribution in [0.15, 0.2) is 0 Å². The molecule has 1 N–H and O–H groups in total. The Balaban J connectivity index is 0.000000686. The molecule has 0 aromatic carbocycles. The van der Waals surface area contributed by atoms with E-state index < -0.39 is 0 Å². The number of likely N-dealkylation sites (N-methyl/N-ethyl adjacent to an activating group) is 1. The third-order valence-electron chi connectivity index (χ3n) is 3.81. The molecule has 100 valence electrons. The molecule has 2 fully saturated rings. The van der Waals surface area contributed by atoms with Gasteiger partial charge in [-0.15, -0.1) is 0 Å². The van der Waals surface area contributed by atoms with Crippen molar-refractivity contribution in [1.82, 2.24) is 9.80 Å². The minimum atomic E-state index is -0.342. The second-order valence-corrected chi connectivity index (χ2v) is 4.87. The Hall–Kier alpha value is -0.610. The van der Waals surface area contributed by atoms with Gasteiger partial charge in [0.15, 0.2) is 0 Å². The highest BCUT2D eigenvalue weighted by Crippen LogP contribution is 2.35. The zero-order valence-electron chi connectivity index (χ0n) is 11.4. The summed E-state index contributed by atoms with van der Waals surface area (Å²) in [5.41, 5.74) is 0.0345. The Labute approximate surface area is 105 Å². The summed E-state index contributed by atoms with van der Waals surface area (Å²) in [6.45, 7) is 6.52. The highest BCUT2D eigenvalue weighted by Gasteiger charge is 2.44. The standard InChI is InChI=1S/C11H20N2O2.C2H6/c1-12-7-5-11(9-12)4-2-3-6-13(11)10(15)8-14;1-2/h14H,2-9H2,1H3;1-2H3. The Bertz CT molecular complexity index is 254. The number of carbonyl (C=O) groups excluding carboxylic acids is 1. The molecule has 4 heteroatoms. The lowest BCUT2D eigenvalue weighted by atomic mass is 9.85. The molecular formula is C13H26N2O2. The van der Waals surface area contributed by atoms with Gasteiger partial charge in [0.1, 0.15) is 6.61 Å². The average Bonchev–Trinajstić information content (AvgIpc) is 2.73. The summed E-state index contributed by atoms with van der Waals surface area (Å²) >= 11 is 0. The maximum Gasteiger partial charge on any atom is 0.248 e. The highest BCUT2D eigenvalue weighted by atomic mass is 16.3. The van der Waals surface area contributed by atoms with Crippen molar-refractivity contribution in [2.75, 3.05) is 33.3 Å². The fourth-order valence-corrected chi connectivity index (χ4v) is 3.05. The topological polar surface area (TPSA) is 43.8 Å². The second kappa shape index (κ2) is 6.36. The lowest BCUT2D eigenvalue weighted by Gasteiger charge is -2.44. The van der Waals surface area contributed by atoms with Gasteiger partial charge in [-0.25, -0.2) is 0 Å². The summed E-state index contributed by atoms with van der Waals surface area (Å²) in [5.74, 6) is -0.0926. The number of piperidine rings is 1. The van der Waals surface area contributed by atoms with E-state index in [0.29, 0.717) is 0 Å². The van der Waals surface area contributed by atoms with Gasteiger partial charge in [0.2, 0.25) is 5.91 Å². The van der Waals surface area contributed by atoms with Crippen LogP contribution < -0.4 is 0 Å². The summed E-state index contributed by atoms with van der Waals surface area (Å²) in [6.07, 6.45) is 4.46. The molecule has 4 nitrogen and oxygen atoms in total. The predicted molar refractivity (Wildman–Crippen MR) is 68.8 cm³/mol. The van der Waals surface area contributed by atoms with Gasteiger partial charge in [-0.05, 0) is 32.7 Å². The van der Waals surface area contributed by atoms with E-state index in [1.165, 1.54) is 6.42 Å². The molecule has 2 heterocycles. The van der Waals surface area contributed by atoms with Crippen LogP contribution in [0.4, 0.5) is 0 Å². The van der Waals surface area contributed by atoms with Crippen LogP contribution in [-0.2, 0) is 4.79 Å². The van der Waals surface area contributed by atoms with Crippen LogP contribution in [0.5, 0.6) is 0 Å². The molecule has 1 amide bonds. The minimum Gasteiger partial charge on any atom is -0.387 e. The number of nitrogens with zero attached hydrogens (tertiary/aromatic N) is 2. The van der Waals surface area contributed by atoms with E-state index in [0.717, 1.165) is 38.9 Å². The molecule has 1 atom stereocenters. The summed E-state index contributed by atoms with van der Waals surface area (Å²) < 4.78 is 0. The molecule has 0 bridgehead atoms. The first kappa shape index (κ1) is 14.5. The zero-order valence-corrected chi connectivity index (χ0v) is 11.4. The smallest absolute Gasteiger partial charge is 0.248 e. The number of hydrogen-bond donors (Lipinski definition) is 1. The molecule has 1 spiro atoms. The fourth-order valence-electron chi connectivity index (χ4n) is 3.05. The van der Waals surface area contributed by atoms with Crippen molar-refractivity contribution < 1.29 is 9.90 Å². The van der Waals surface area contributed by atoms with Crippen LogP contribution in [0, 0.1) is 0 Å². The summed E-state index contributed by atoms with van der Waals surface area (Å²) in [5, 5.41) is 8.99. The molecular weight excluding hydrogens is 216 g/mol. The number of likely N-dealkylation sites (tertiary alicyclic amines) is 2. The summed E-state index contributed by atoms with van der Waals surface area (Å²) in [6, 6.07) is 0. The molecule has 0 aromatic rings. The Kier molecular flexibility index (Phi) is 5.40. The Morgan fingerprint density at radius 3 is 2.47 bits per heavy atom. The van der Waals surface area contributed by atoms with Crippen LogP contribution in [0.3, 0.4) is 0 Å². The van der Waals surface area contributed by atoms with E-state index in [1.807, 2.05) is 18.7 Å². The van der Waals surface area contributed by atoms with E-state index in [1.54, 1.807) is 0 Å². The molecule has 17 heavy (non-hydrogen) atoms. The minimum absolute atomic E-state index is 0.0345. The van der Waals surface area contributed by atoms with Crippen molar-refractivity contribution in [2.24, 2.45) is 0 Å². The van der Waals surface area contributed by atoms with Crippen molar-refractivity contribution in [3.63, 3.8) is 0 Å².